The molecule has 0 aromatic heterocycles. The van der Waals surface area contributed by atoms with Crippen LogP contribution in [-0.2, 0) is 11.3 Å². The van der Waals surface area contributed by atoms with Crippen LogP contribution in [0, 0.1) is 0 Å². The molecule has 1 aromatic rings. The van der Waals surface area contributed by atoms with Crippen molar-refractivity contribution in [2.24, 2.45) is 0 Å². The Morgan fingerprint density at radius 3 is 2.65 bits per heavy atom. The Bertz CT molecular complexity index is 391. The molecule has 2 N–H and O–H groups in total. The van der Waals surface area contributed by atoms with Gasteiger partial charge >= 0.3 is 12.1 Å². The molecular formula is C11H13F3N2O. The van der Waals surface area contributed by atoms with E-state index < -0.39 is 12.1 Å². The van der Waals surface area contributed by atoms with Crippen molar-refractivity contribution in [3.05, 3.63) is 29.8 Å². The van der Waals surface area contributed by atoms with Crippen LogP contribution in [0.5, 0.6) is 0 Å². The molecule has 17 heavy (non-hydrogen) atoms. The maximum Gasteiger partial charge on any atom is 0.471 e. The molecular weight excluding hydrogens is 233 g/mol. The summed E-state index contributed by atoms with van der Waals surface area (Å²) in [5.74, 6) is -1.96. The van der Waals surface area contributed by atoms with Gasteiger partial charge in [0, 0.05) is 12.2 Å². The summed E-state index contributed by atoms with van der Waals surface area (Å²) < 4.78 is 36.0. The highest BCUT2D eigenvalue weighted by Crippen LogP contribution is 2.18. The highest BCUT2D eigenvalue weighted by molar-refractivity contribution is 5.94. The minimum Gasteiger partial charge on any atom is -0.318 e. The molecule has 0 heterocycles. The Balaban J connectivity index is 2.69. The molecule has 0 saturated carbocycles. The fourth-order valence-corrected chi connectivity index (χ4v) is 1.23. The molecule has 1 amide bonds. The minimum absolute atomic E-state index is 0.141. The molecule has 0 aliphatic rings. The molecule has 0 radical (unpaired) electrons. The van der Waals surface area contributed by atoms with Crippen molar-refractivity contribution in [2.75, 3.05) is 11.9 Å². The lowest BCUT2D eigenvalue weighted by molar-refractivity contribution is -0.167. The number of carbonyl (C=O) groups is 1. The Labute approximate surface area is 97.0 Å². The summed E-state index contributed by atoms with van der Waals surface area (Å²) in [6, 6.07) is 6.29. The van der Waals surface area contributed by atoms with Gasteiger partial charge in [-0.05, 0) is 24.2 Å². The Morgan fingerprint density at radius 1 is 1.35 bits per heavy atom. The maximum absolute atomic E-state index is 12.0. The lowest BCUT2D eigenvalue weighted by atomic mass is 10.2. The monoisotopic (exact) mass is 246 g/mol. The number of carbonyl (C=O) groups excluding carboxylic acids is 1. The van der Waals surface area contributed by atoms with Crippen LogP contribution in [0.25, 0.3) is 0 Å². The van der Waals surface area contributed by atoms with Gasteiger partial charge in [0.05, 0.1) is 0 Å². The van der Waals surface area contributed by atoms with Gasteiger partial charge < -0.3 is 10.6 Å². The summed E-state index contributed by atoms with van der Waals surface area (Å²) in [6.07, 6.45) is -4.86. The number of nitrogens with one attached hydrogen (secondary N) is 2. The van der Waals surface area contributed by atoms with Crippen molar-refractivity contribution in [1.29, 1.82) is 0 Å². The molecule has 3 nitrogen and oxygen atoms in total. The molecule has 6 heteroatoms. The SMILES string of the molecule is CCNCc1cccc(NC(=O)C(F)(F)F)c1. The van der Waals surface area contributed by atoms with E-state index in [0.717, 1.165) is 12.1 Å². The molecule has 0 bridgehead atoms. The third-order valence-corrected chi connectivity index (χ3v) is 2.02. The highest BCUT2D eigenvalue weighted by Gasteiger charge is 2.38. The number of hydrogen-bond acceptors (Lipinski definition) is 2. The van der Waals surface area contributed by atoms with Crippen LogP contribution in [0.1, 0.15) is 12.5 Å². The van der Waals surface area contributed by atoms with Crippen LogP contribution in [0.2, 0.25) is 0 Å². The van der Waals surface area contributed by atoms with Gasteiger partial charge in [-0.25, -0.2) is 0 Å². The second kappa shape index (κ2) is 5.67. The standard InChI is InChI=1S/C11H13F3N2O/c1-2-15-7-8-4-3-5-9(6-8)16-10(17)11(12,13)14/h3-6,15H,2,7H2,1H3,(H,16,17). The summed E-state index contributed by atoms with van der Waals surface area (Å²) in [6.45, 7) is 3.24. The highest BCUT2D eigenvalue weighted by atomic mass is 19.4. The fourth-order valence-electron chi connectivity index (χ4n) is 1.23. The van der Waals surface area contributed by atoms with E-state index in [-0.39, 0.29) is 5.69 Å². The topological polar surface area (TPSA) is 41.1 Å². The molecule has 0 spiro atoms. The molecule has 0 fully saturated rings. The number of hydrogen-bond donors (Lipinski definition) is 2. The number of halogens is 3. The quantitative estimate of drug-likeness (QED) is 0.855. The van der Waals surface area contributed by atoms with Gasteiger partial charge in [-0.3, -0.25) is 4.79 Å². The van der Waals surface area contributed by atoms with E-state index in [1.807, 2.05) is 6.92 Å². The number of rotatable bonds is 4. The first kappa shape index (κ1) is 13.5. The van der Waals surface area contributed by atoms with Gasteiger partial charge in [0.1, 0.15) is 0 Å². The van der Waals surface area contributed by atoms with Crippen LogP contribution >= 0.6 is 0 Å². The third-order valence-electron chi connectivity index (χ3n) is 2.02. The normalized spacial score (nSPS) is 11.3. The van der Waals surface area contributed by atoms with E-state index in [9.17, 15) is 18.0 Å². The summed E-state index contributed by atoms with van der Waals surface area (Å²) in [7, 11) is 0. The molecule has 0 aliphatic carbocycles. The zero-order valence-electron chi connectivity index (χ0n) is 9.27. The van der Waals surface area contributed by atoms with Gasteiger partial charge in [-0.2, -0.15) is 13.2 Å². The summed E-state index contributed by atoms with van der Waals surface area (Å²) in [4.78, 5) is 10.7. The van der Waals surface area contributed by atoms with Crippen molar-refractivity contribution in [3.63, 3.8) is 0 Å². The van der Waals surface area contributed by atoms with Crippen molar-refractivity contribution >= 4 is 11.6 Å². The van der Waals surface area contributed by atoms with E-state index >= 15 is 0 Å². The third kappa shape index (κ3) is 4.44. The molecule has 0 atom stereocenters. The van der Waals surface area contributed by atoms with E-state index in [4.69, 9.17) is 0 Å². The lowest BCUT2D eigenvalue weighted by Crippen LogP contribution is -2.29. The van der Waals surface area contributed by atoms with Crippen LogP contribution in [0.15, 0.2) is 24.3 Å². The molecule has 0 saturated heterocycles. The molecule has 1 rings (SSSR count). The van der Waals surface area contributed by atoms with Crippen molar-refractivity contribution in [2.45, 2.75) is 19.6 Å². The lowest BCUT2D eigenvalue weighted by Gasteiger charge is -2.09. The fraction of sp³-hybridized carbons (Fsp3) is 0.364. The Hall–Kier alpha value is -1.56. The first-order chi connectivity index (χ1) is 7.93. The van der Waals surface area contributed by atoms with Gasteiger partial charge in [0.15, 0.2) is 0 Å². The average Bonchev–Trinajstić information content (AvgIpc) is 2.25. The number of alkyl halides is 3. The first-order valence-electron chi connectivity index (χ1n) is 5.11. The zero-order valence-corrected chi connectivity index (χ0v) is 9.27. The zero-order chi connectivity index (χ0) is 12.9. The maximum atomic E-state index is 12.0. The molecule has 94 valence electrons. The number of amides is 1. The average molecular weight is 246 g/mol. The second-order valence-corrected chi connectivity index (χ2v) is 3.43. The van der Waals surface area contributed by atoms with E-state index in [1.165, 1.54) is 12.1 Å². The predicted octanol–water partition coefficient (Wildman–Crippen LogP) is 2.30. The van der Waals surface area contributed by atoms with E-state index in [1.54, 1.807) is 17.4 Å². The van der Waals surface area contributed by atoms with Crippen LogP contribution < -0.4 is 10.6 Å². The summed E-state index contributed by atoms with van der Waals surface area (Å²) in [5, 5.41) is 4.85. The largest absolute Gasteiger partial charge is 0.471 e. The van der Waals surface area contributed by atoms with E-state index in [0.29, 0.717) is 6.54 Å². The number of benzene rings is 1. The summed E-state index contributed by atoms with van der Waals surface area (Å²) >= 11 is 0. The van der Waals surface area contributed by atoms with Gasteiger partial charge in [0.2, 0.25) is 0 Å². The number of anilines is 1. The van der Waals surface area contributed by atoms with Crippen LogP contribution in [0.4, 0.5) is 18.9 Å². The first-order valence-corrected chi connectivity index (χ1v) is 5.11. The van der Waals surface area contributed by atoms with Crippen LogP contribution in [0.3, 0.4) is 0 Å². The van der Waals surface area contributed by atoms with Crippen LogP contribution in [-0.4, -0.2) is 18.6 Å². The Kier molecular flexibility index (Phi) is 4.51. The second-order valence-electron chi connectivity index (χ2n) is 3.43. The van der Waals surface area contributed by atoms with Crippen molar-refractivity contribution < 1.29 is 18.0 Å². The molecule has 0 aliphatic heterocycles. The Morgan fingerprint density at radius 2 is 2.06 bits per heavy atom. The molecule has 1 aromatic carbocycles. The predicted molar refractivity (Wildman–Crippen MR) is 58.5 cm³/mol. The minimum atomic E-state index is -4.86. The van der Waals surface area contributed by atoms with Crippen molar-refractivity contribution in [3.8, 4) is 0 Å². The van der Waals surface area contributed by atoms with E-state index in [2.05, 4.69) is 5.32 Å². The smallest absolute Gasteiger partial charge is 0.318 e. The van der Waals surface area contributed by atoms with Gasteiger partial charge in [-0.1, -0.05) is 19.1 Å². The molecule has 0 unspecified atom stereocenters. The van der Waals surface area contributed by atoms with Gasteiger partial charge in [0.25, 0.3) is 0 Å². The van der Waals surface area contributed by atoms with Gasteiger partial charge in [-0.15, -0.1) is 0 Å². The van der Waals surface area contributed by atoms with Crippen molar-refractivity contribution in [1.82, 2.24) is 5.32 Å². The summed E-state index contributed by atoms with van der Waals surface area (Å²) in [5.41, 5.74) is 0.953.